The molecule has 1 N–H and O–H groups in total. The van der Waals surface area contributed by atoms with Gasteiger partial charge < -0.3 is 14.3 Å². The second-order valence-electron chi connectivity index (χ2n) is 5.26. The van der Waals surface area contributed by atoms with Crippen LogP contribution in [0.5, 0.6) is 11.5 Å². The Morgan fingerprint density at radius 2 is 2.00 bits per heavy atom. The van der Waals surface area contributed by atoms with Crippen molar-refractivity contribution in [3.8, 4) is 23.0 Å². The van der Waals surface area contributed by atoms with Crippen LogP contribution in [0.25, 0.3) is 22.6 Å². The number of halogens is 2. The first-order chi connectivity index (χ1) is 12.9. The van der Waals surface area contributed by atoms with Gasteiger partial charge in [-0.2, -0.15) is 0 Å². The van der Waals surface area contributed by atoms with Crippen LogP contribution < -0.4 is 4.74 Å². The third-order valence-corrected chi connectivity index (χ3v) is 4.03. The van der Waals surface area contributed by atoms with Gasteiger partial charge in [-0.3, -0.25) is 10.1 Å². The minimum absolute atomic E-state index is 0.0244. The van der Waals surface area contributed by atoms with Crippen LogP contribution in [0.2, 0.25) is 5.02 Å². The molecule has 0 saturated carbocycles. The molecule has 0 atom stereocenters. The van der Waals surface area contributed by atoms with Crippen molar-refractivity contribution in [2.45, 2.75) is 0 Å². The average molecular weight is 408 g/mol. The summed E-state index contributed by atoms with van der Waals surface area (Å²) in [6.45, 7) is 0. The van der Waals surface area contributed by atoms with E-state index < -0.39 is 16.4 Å². The second kappa shape index (κ2) is 7.65. The summed E-state index contributed by atoms with van der Waals surface area (Å²) in [5.41, 5.74) is 0.453. The molecule has 0 aliphatic heterocycles. The topological polar surface area (TPSA) is 112 Å². The summed E-state index contributed by atoms with van der Waals surface area (Å²) >= 11 is 12.0. The lowest BCUT2D eigenvalue weighted by atomic mass is 10.1. The van der Waals surface area contributed by atoms with Gasteiger partial charge in [-0.15, -0.1) is 10.2 Å². The van der Waals surface area contributed by atoms with Crippen LogP contribution in [-0.4, -0.2) is 27.3 Å². The molecule has 2 aromatic carbocycles. The van der Waals surface area contributed by atoms with Crippen LogP contribution in [0, 0.1) is 10.1 Å². The van der Waals surface area contributed by atoms with E-state index in [0.717, 1.165) is 6.07 Å². The lowest BCUT2D eigenvalue weighted by Crippen LogP contribution is -1.93. The van der Waals surface area contributed by atoms with E-state index in [9.17, 15) is 15.2 Å². The number of hydrogen-bond acceptors (Lipinski definition) is 7. The molecule has 0 spiro atoms. The van der Waals surface area contributed by atoms with E-state index in [1.54, 1.807) is 24.3 Å². The molecule has 3 rings (SSSR count). The predicted molar refractivity (Wildman–Crippen MR) is 99.8 cm³/mol. The summed E-state index contributed by atoms with van der Waals surface area (Å²) in [5.74, 6) is -0.371. The van der Waals surface area contributed by atoms with E-state index >= 15 is 0 Å². The SMILES string of the molecule is COc1cc(/C=C(\Cl)c2nnc(-c3ccc(Cl)cc3)o2)cc([N+](=O)[O-])c1O. The first kappa shape index (κ1) is 18.7. The van der Waals surface area contributed by atoms with Crippen molar-refractivity contribution in [3.05, 3.63) is 63.0 Å². The number of aromatic nitrogens is 2. The number of rotatable bonds is 5. The highest BCUT2D eigenvalue weighted by Crippen LogP contribution is 2.38. The fourth-order valence-corrected chi connectivity index (χ4v) is 2.56. The van der Waals surface area contributed by atoms with Gasteiger partial charge in [0.15, 0.2) is 5.75 Å². The highest BCUT2D eigenvalue weighted by molar-refractivity contribution is 6.50. The lowest BCUT2D eigenvalue weighted by Gasteiger charge is -2.05. The normalized spacial score (nSPS) is 11.4. The quantitative estimate of drug-likeness (QED) is 0.479. The van der Waals surface area contributed by atoms with Gasteiger partial charge in [-0.05, 0) is 42.0 Å². The average Bonchev–Trinajstić information content (AvgIpc) is 3.13. The fourth-order valence-electron chi connectivity index (χ4n) is 2.23. The van der Waals surface area contributed by atoms with Crippen molar-refractivity contribution in [2.24, 2.45) is 0 Å². The third-order valence-electron chi connectivity index (χ3n) is 3.51. The monoisotopic (exact) mass is 407 g/mol. The van der Waals surface area contributed by atoms with Gasteiger partial charge in [0.2, 0.25) is 11.6 Å². The Labute approximate surface area is 162 Å². The van der Waals surface area contributed by atoms with Crippen LogP contribution in [0.4, 0.5) is 5.69 Å². The molecule has 27 heavy (non-hydrogen) atoms. The van der Waals surface area contributed by atoms with E-state index in [2.05, 4.69) is 10.2 Å². The van der Waals surface area contributed by atoms with Crippen LogP contribution in [0.1, 0.15) is 11.5 Å². The number of nitrogens with zero attached hydrogens (tertiary/aromatic N) is 3. The number of phenols is 1. The summed E-state index contributed by atoms with van der Waals surface area (Å²) in [7, 11) is 1.28. The third kappa shape index (κ3) is 4.02. The molecule has 1 aromatic heterocycles. The molecular weight excluding hydrogens is 397 g/mol. The molecule has 0 fully saturated rings. The Morgan fingerprint density at radius 3 is 2.63 bits per heavy atom. The molecule has 0 radical (unpaired) electrons. The van der Waals surface area contributed by atoms with Crippen LogP contribution >= 0.6 is 23.2 Å². The Hall–Kier alpha value is -3.10. The minimum Gasteiger partial charge on any atom is -0.500 e. The zero-order chi connectivity index (χ0) is 19.6. The van der Waals surface area contributed by atoms with Crippen LogP contribution in [-0.2, 0) is 0 Å². The largest absolute Gasteiger partial charge is 0.500 e. The van der Waals surface area contributed by atoms with Gasteiger partial charge in [0.05, 0.1) is 12.0 Å². The molecule has 138 valence electrons. The fraction of sp³-hybridized carbons (Fsp3) is 0.0588. The van der Waals surface area contributed by atoms with Gasteiger partial charge in [0.25, 0.3) is 5.89 Å². The van der Waals surface area contributed by atoms with Crippen molar-refractivity contribution >= 4 is 40.0 Å². The molecule has 3 aromatic rings. The molecule has 1 heterocycles. The first-order valence-corrected chi connectivity index (χ1v) is 8.17. The number of phenolic OH excluding ortho intramolecular Hbond substituents is 1. The maximum Gasteiger partial charge on any atom is 0.315 e. The van der Waals surface area contributed by atoms with Crippen molar-refractivity contribution in [1.29, 1.82) is 0 Å². The summed E-state index contributed by atoms with van der Waals surface area (Å²) < 4.78 is 10.5. The Bertz CT molecular complexity index is 1030. The molecule has 10 heteroatoms. The van der Waals surface area contributed by atoms with E-state index in [1.165, 1.54) is 19.3 Å². The van der Waals surface area contributed by atoms with E-state index in [0.29, 0.717) is 16.1 Å². The van der Waals surface area contributed by atoms with Gasteiger partial charge >= 0.3 is 5.69 Å². The van der Waals surface area contributed by atoms with Crippen molar-refractivity contribution in [3.63, 3.8) is 0 Å². The van der Waals surface area contributed by atoms with E-state index in [-0.39, 0.29) is 22.6 Å². The molecule has 0 unspecified atom stereocenters. The van der Waals surface area contributed by atoms with E-state index in [1.807, 2.05) is 0 Å². The predicted octanol–water partition coefficient (Wildman–Crippen LogP) is 4.75. The zero-order valence-electron chi connectivity index (χ0n) is 13.7. The molecule has 0 aliphatic rings. The smallest absolute Gasteiger partial charge is 0.315 e. The van der Waals surface area contributed by atoms with E-state index in [4.69, 9.17) is 32.4 Å². The molecular formula is C17H11Cl2N3O5. The van der Waals surface area contributed by atoms with Crippen molar-refractivity contribution in [1.82, 2.24) is 10.2 Å². The van der Waals surface area contributed by atoms with Gasteiger partial charge in [-0.1, -0.05) is 23.2 Å². The molecule has 0 aliphatic carbocycles. The van der Waals surface area contributed by atoms with Gasteiger partial charge in [0.1, 0.15) is 5.03 Å². The molecule has 0 saturated heterocycles. The number of nitro benzene ring substituents is 1. The van der Waals surface area contributed by atoms with Crippen LogP contribution in [0.3, 0.4) is 0 Å². The number of hydrogen-bond donors (Lipinski definition) is 1. The number of benzene rings is 2. The zero-order valence-corrected chi connectivity index (χ0v) is 15.2. The Morgan fingerprint density at radius 1 is 1.30 bits per heavy atom. The number of methoxy groups -OCH3 is 1. The number of aromatic hydroxyl groups is 1. The highest BCUT2D eigenvalue weighted by Gasteiger charge is 2.20. The summed E-state index contributed by atoms with van der Waals surface area (Å²) in [5, 5.41) is 29.3. The molecule has 0 bridgehead atoms. The van der Waals surface area contributed by atoms with Crippen molar-refractivity contribution in [2.75, 3.05) is 7.11 Å². The van der Waals surface area contributed by atoms with Gasteiger partial charge in [-0.25, -0.2) is 0 Å². The van der Waals surface area contributed by atoms with Gasteiger partial charge in [0, 0.05) is 16.7 Å². The number of nitro groups is 1. The molecule has 8 nitrogen and oxygen atoms in total. The number of ether oxygens (including phenoxy) is 1. The Balaban J connectivity index is 1.95. The Kier molecular flexibility index (Phi) is 5.29. The van der Waals surface area contributed by atoms with Crippen molar-refractivity contribution < 1.29 is 19.2 Å². The molecule has 0 amide bonds. The maximum atomic E-state index is 11.1. The standard InChI is InChI=1S/C17H11Cl2N3O5/c1-26-14-8-9(7-13(15(14)23)22(24)25)6-12(19)17-21-20-16(27-17)10-2-4-11(18)5-3-10/h2-8,23H,1H3/b12-6-. The summed E-state index contributed by atoms with van der Waals surface area (Å²) in [6.07, 6.45) is 1.38. The minimum atomic E-state index is -0.728. The summed E-state index contributed by atoms with van der Waals surface area (Å²) in [4.78, 5) is 10.3. The first-order valence-electron chi connectivity index (χ1n) is 7.41. The van der Waals surface area contributed by atoms with Crippen LogP contribution in [0.15, 0.2) is 40.8 Å². The lowest BCUT2D eigenvalue weighted by molar-refractivity contribution is -0.386. The maximum absolute atomic E-state index is 11.1. The second-order valence-corrected chi connectivity index (χ2v) is 6.10. The summed E-state index contributed by atoms with van der Waals surface area (Å²) in [6, 6.07) is 9.33. The highest BCUT2D eigenvalue weighted by atomic mass is 35.5.